The summed E-state index contributed by atoms with van der Waals surface area (Å²) < 4.78 is 5.43. The summed E-state index contributed by atoms with van der Waals surface area (Å²) in [5.74, 6) is 1.19. The standard InChI is InChI=1S/C16H29N3O2S/c1-5-17-16(19-13(4)15-7-6-8-22-15)18-9-14(20)11-21-10-12(2)3/h6-8,12-14,20H,5,9-11H2,1-4H3,(H2,17,18,19). The van der Waals surface area contributed by atoms with Crippen molar-refractivity contribution < 1.29 is 9.84 Å². The molecule has 0 aliphatic rings. The lowest BCUT2D eigenvalue weighted by molar-refractivity contribution is 0.0301. The van der Waals surface area contributed by atoms with E-state index in [1.807, 2.05) is 13.0 Å². The van der Waals surface area contributed by atoms with E-state index in [2.05, 4.69) is 47.8 Å². The lowest BCUT2D eigenvalue weighted by atomic mass is 10.2. The number of nitrogens with one attached hydrogen (secondary N) is 2. The number of hydrogen-bond donors (Lipinski definition) is 3. The van der Waals surface area contributed by atoms with E-state index in [0.717, 1.165) is 6.54 Å². The average Bonchev–Trinajstić information content (AvgIpc) is 2.98. The minimum absolute atomic E-state index is 0.187. The van der Waals surface area contributed by atoms with Gasteiger partial charge in [-0.3, -0.25) is 4.99 Å². The molecule has 0 radical (unpaired) electrons. The molecule has 0 amide bonds. The van der Waals surface area contributed by atoms with Crippen molar-refractivity contribution in [2.45, 2.75) is 39.8 Å². The second-order valence-corrected chi connectivity index (χ2v) is 6.67. The largest absolute Gasteiger partial charge is 0.389 e. The summed E-state index contributed by atoms with van der Waals surface area (Å²) in [5, 5.41) is 18.5. The van der Waals surface area contributed by atoms with Crippen molar-refractivity contribution >= 4 is 17.3 Å². The number of aliphatic imine (C=N–C) groups is 1. The first-order chi connectivity index (χ1) is 10.5. The fourth-order valence-corrected chi connectivity index (χ4v) is 2.56. The Labute approximate surface area is 137 Å². The van der Waals surface area contributed by atoms with E-state index >= 15 is 0 Å². The Balaban J connectivity index is 2.44. The van der Waals surface area contributed by atoms with Crippen molar-refractivity contribution in [2.24, 2.45) is 10.9 Å². The van der Waals surface area contributed by atoms with Crippen LogP contribution < -0.4 is 10.6 Å². The average molecular weight is 327 g/mol. The van der Waals surface area contributed by atoms with Crippen LogP contribution in [0.2, 0.25) is 0 Å². The van der Waals surface area contributed by atoms with Crippen LogP contribution in [0.15, 0.2) is 22.5 Å². The zero-order valence-electron chi connectivity index (χ0n) is 14.0. The van der Waals surface area contributed by atoms with Gasteiger partial charge in [0.25, 0.3) is 0 Å². The maximum absolute atomic E-state index is 9.91. The van der Waals surface area contributed by atoms with Crippen molar-refractivity contribution in [3.63, 3.8) is 0 Å². The molecule has 0 saturated carbocycles. The van der Waals surface area contributed by atoms with Crippen LogP contribution >= 0.6 is 11.3 Å². The van der Waals surface area contributed by atoms with Crippen LogP contribution in [0.4, 0.5) is 0 Å². The highest BCUT2D eigenvalue weighted by atomic mass is 32.1. The number of thiophene rings is 1. The van der Waals surface area contributed by atoms with Crippen molar-refractivity contribution in [3.8, 4) is 0 Å². The van der Waals surface area contributed by atoms with Gasteiger partial charge < -0.3 is 20.5 Å². The molecule has 0 spiro atoms. The van der Waals surface area contributed by atoms with Crippen LogP contribution in [-0.2, 0) is 4.74 Å². The van der Waals surface area contributed by atoms with Gasteiger partial charge in [-0.2, -0.15) is 0 Å². The summed E-state index contributed by atoms with van der Waals surface area (Å²) in [5.41, 5.74) is 0. The molecule has 5 nitrogen and oxygen atoms in total. The Hall–Kier alpha value is -1.11. The van der Waals surface area contributed by atoms with E-state index < -0.39 is 6.10 Å². The Bertz CT molecular complexity index is 421. The molecule has 0 aliphatic heterocycles. The van der Waals surface area contributed by atoms with Gasteiger partial charge in [0.2, 0.25) is 0 Å². The lowest BCUT2D eigenvalue weighted by Crippen LogP contribution is -2.39. The predicted octanol–water partition coefficient (Wildman–Crippen LogP) is 2.40. The van der Waals surface area contributed by atoms with Crippen LogP contribution in [0, 0.1) is 5.92 Å². The zero-order chi connectivity index (χ0) is 16.4. The van der Waals surface area contributed by atoms with Gasteiger partial charge in [0.1, 0.15) is 0 Å². The number of hydrogen-bond acceptors (Lipinski definition) is 4. The van der Waals surface area contributed by atoms with Gasteiger partial charge in [0.15, 0.2) is 5.96 Å². The van der Waals surface area contributed by atoms with Crippen LogP contribution in [0.5, 0.6) is 0 Å². The van der Waals surface area contributed by atoms with Gasteiger partial charge in [-0.1, -0.05) is 19.9 Å². The summed E-state index contributed by atoms with van der Waals surface area (Å²) in [7, 11) is 0. The fourth-order valence-electron chi connectivity index (χ4n) is 1.82. The quantitative estimate of drug-likeness (QED) is 0.481. The number of nitrogens with zero attached hydrogens (tertiary/aromatic N) is 1. The molecule has 1 heterocycles. The smallest absolute Gasteiger partial charge is 0.191 e. The second-order valence-electron chi connectivity index (χ2n) is 5.69. The third-order valence-electron chi connectivity index (χ3n) is 2.89. The molecular formula is C16H29N3O2S. The molecule has 0 aliphatic carbocycles. The van der Waals surface area contributed by atoms with Gasteiger partial charge in [-0.05, 0) is 31.2 Å². The van der Waals surface area contributed by atoms with Crippen molar-refractivity contribution in [1.82, 2.24) is 10.6 Å². The highest BCUT2D eigenvalue weighted by molar-refractivity contribution is 7.10. The van der Waals surface area contributed by atoms with Crippen molar-refractivity contribution in [2.75, 3.05) is 26.3 Å². The molecule has 1 aromatic heterocycles. The van der Waals surface area contributed by atoms with Crippen LogP contribution in [0.1, 0.15) is 38.6 Å². The van der Waals surface area contributed by atoms with E-state index in [4.69, 9.17) is 4.74 Å². The van der Waals surface area contributed by atoms with E-state index in [-0.39, 0.29) is 6.04 Å². The molecule has 1 aromatic rings. The molecule has 0 bridgehead atoms. The monoisotopic (exact) mass is 327 g/mol. The molecule has 3 N–H and O–H groups in total. The second kappa shape index (κ2) is 10.6. The molecule has 0 saturated heterocycles. The van der Waals surface area contributed by atoms with E-state index in [9.17, 15) is 5.11 Å². The van der Waals surface area contributed by atoms with Gasteiger partial charge in [-0.25, -0.2) is 0 Å². The van der Waals surface area contributed by atoms with Crippen LogP contribution in [0.25, 0.3) is 0 Å². The highest BCUT2D eigenvalue weighted by Crippen LogP contribution is 2.17. The van der Waals surface area contributed by atoms with Crippen LogP contribution in [-0.4, -0.2) is 43.5 Å². The van der Waals surface area contributed by atoms with Crippen molar-refractivity contribution in [3.05, 3.63) is 22.4 Å². The van der Waals surface area contributed by atoms with Crippen molar-refractivity contribution in [1.29, 1.82) is 0 Å². The third kappa shape index (κ3) is 7.77. The Kier molecular flexibility index (Phi) is 9.11. The maximum atomic E-state index is 9.91. The molecular weight excluding hydrogens is 298 g/mol. The SMILES string of the molecule is CCNC(=NCC(O)COCC(C)C)NC(C)c1cccs1. The fraction of sp³-hybridized carbons (Fsp3) is 0.688. The van der Waals surface area contributed by atoms with Gasteiger partial charge in [-0.15, -0.1) is 11.3 Å². The van der Waals surface area contributed by atoms with Gasteiger partial charge in [0.05, 0.1) is 25.3 Å². The summed E-state index contributed by atoms with van der Waals surface area (Å²) in [4.78, 5) is 5.69. The summed E-state index contributed by atoms with van der Waals surface area (Å²) in [6.45, 7) is 10.4. The molecule has 2 atom stereocenters. The van der Waals surface area contributed by atoms with E-state index in [1.54, 1.807) is 11.3 Å². The first-order valence-electron chi connectivity index (χ1n) is 7.87. The maximum Gasteiger partial charge on any atom is 0.191 e. The summed E-state index contributed by atoms with van der Waals surface area (Å²) in [6, 6.07) is 4.32. The van der Waals surface area contributed by atoms with Gasteiger partial charge in [0, 0.05) is 18.0 Å². The molecule has 0 aromatic carbocycles. The minimum Gasteiger partial charge on any atom is -0.389 e. The number of aliphatic hydroxyl groups excluding tert-OH is 1. The lowest BCUT2D eigenvalue weighted by Gasteiger charge is -2.17. The predicted molar refractivity (Wildman–Crippen MR) is 93.5 cm³/mol. The molecule has 126 valence electrons. The first-order valence-corrected chi connectivity index (χ1v) is 8.75. The molecule has 22 heavy (non-hydrogen) atoms. The first kappa shape index (κ1) is 18.9. The minimum atomic E-state index is -0.578. The Morgan fingerprint density at radius 2 is 2.14 bits per heavy atom. The van der Waals surface area contributed by atoms with E-state index in [1.165, 1.54) is 4.88 Å². The molecule has 6 heteroatoms. The normalized spacial score (nSPS) is 14.9. The number of ether oxygens (including phenoxy) is 1. The third-order valence-corrected chi connectivity index (χ3v) is 3.94. The zero-order valence-corrected chi connectivity index (χ0v) is 14.8. The van der Waals surface area contributed by atoms with E-state index in [0.29, 0.717) is 31.6 Å². The molecule has 1 rings (SSSR count). The van der Waals surface area contributed by atoms with Crippen LogP contribution in [0.3, 0.4) is 0 Å². The Morgan fingerprint density at radius 1 is 1.36 bits per heavy atom. The number of aliphatic hydroxyl groups is 1. The topological polar surface area (TPSA) is 65.9 Å². The molecule has 2 unspecified atom stereocenters. The summed E-state index contributed by atoms with van der Waals surface area (Å²) >= 11 is 1.71. The number of rotatable bonds is 9. The molecule has 0 fully saturated rings. The number of guanidine groups is 1. The van der Waals surface area contributed by atoms with Gasteiger partial charge >= 0.3 is 0 Å². The Morgan fingerprint density at radius 3 is 2.73 bits per heavy atom. The highest BCUT2D eigenvalue weighted by Gasteiger charge is 2.10. The summed E-state index contributed by atoms with van der Waals surface area (Å²) in [6.07, 6.45) is -0.578.